The normalized spacial score (nSPS) is 13.3. The quantitative estimate of drug-likeness (QED) is 0.718. The third-order valence-corrected chi connectivity index (χ3v) is 4.51. The third-order valence-electron chi connectivity index (χ3n) is 4.51. The van der Waals surface area contributed by atoms with Crippen LogP contribution in [-0.4, -0.2) is 30.9 Å². The summed E-state index contributed by atoms with van der Waals surface area (Å²) < 4.78 is 0. The van der Waals surface area contributed by atoms with Crippen LogP contribution in [0.4, 0.5) is 21.9 Å². The van der Waals surface area contributed by atoms with Crippen LogP contribution in [0.2, 0.25) is 0 Å². The molecule has 28 heavy (non-hydrogen) atoms. The van der Waals surface area contributed by atoms with Gasteiger partial charge in [-0.25, -0.2) is 4.79 Å². The van der Waals surface area contributed by atoms with Gasteiger partial charge in [0.25, 0.3) is 0 Å². The number of anilines is 3. The highest BCUT2D eigenvalue weighted by atomic mass is 16.2. The first-order valence-corrected chi connectivity index (χ1v) is 9.34. The third kappa shape index (κ3) is 5.09. The Morgan fingerprint density at radius 3 is 2.50 bits per heavy atom. The van der Waals surface area contributed by atoms with E-state index in [0.717, 1.165) is 24.2 Å². The topological polar surface area (TPSA) is 90.5 Å². The van der Waals surface area contributed by atoms with Gasteiger partial charge in [-0.05, 0) is 49.2 Å². The minimum Gasteiger partial charge on any atom is -0.337 e. The molecule has 0 bridgehead atoms. The smallest absolute Gasteiger partial charge is 0.319 e. The average Bonchev–Trinajstić information content (AvgIpc) is 3.08. The lowest BCUT2D eigenvalue weighted by molar-refractivity contribution is -0.117. The predicted molar refractivity (Wildman–Crippen MR) is 109 cm³/mol. The molecule has 3 N–H and O–H groups in total. The summed E-state index contributed by atoms with van der Waals surface area (Å²) in [6, 6.07) is 14.3. The van der Waals surface area contributed by atoms with E-state index in [1.165, 1.54) is 0 Å². The summed E-state index contributed by atoms with van der Waals surface area (Å²) in [5.74, 6) is -0.0517. The molecular weight excluding hydrogens is 356 g/mol. The van der Waals surface area contributed by atoms with Crippen LogP contribution in [-0.2, 0) is 9.59 Å². The number of hydrogen-bond donors (Lipinski definition) is 3. The first kappa shape index (κ1) is 19.4. The number of hydrogen-bond acceptors (Lipinski definition) is 3. The van der Waals surface area contributed by atoms with Gasteiger partial charge in [0.2, 0.25) is 11.8 Å². The molecule has 146 valence electrons. The number of urea groups is 1. The molecule has 0 unspecified atom stereocenters. The van der Waals surface area contributed by atoms with Crippen molar-refractivity contribution in [2.24, 2.45) is 0 Å². The number of amides is 4. The molecule has 4 amide bonds. The van der Waals surface area contributed by atoms with Crippen molar-refractivity contribution in [3.63, 3.8) is 0 Å². The number of rotatable bonds is 6. The SMILES string of the molecule is Cc1cc(NC(=O)CCNC(=O)Nc2ccccc2)ccc1N1CCCC1=O. The average molecular weight is 380 g/mol. The van der Waals surface area contributed by atoms with Gasteiger partial charge in [-0.1, -0.05) is 18.2 Å². The summed E-state index contributed by atoms with van der Waals surface area (Å²) in [6.45, 7) is 2.89. The van der Waals surface area contributed by atoms with Gasteiger partial charge in [0.15, 0.2) is 0 Å². The van der Waals surface area contributed by atoms with Crippen LogP contribution < -0.4 is 20.9 Å². The predicted octanol–water partition coefficient (Wildman–Crippen LogP) is 3.27. The van der Waals surface area contributed by atoms with Crippen LogP contribution in [0.3, 0.4) is 0 Å². The fourth-order valence-corrected chi connectivity index (χ4v) is 3.15. The van der Waals surface area contributed by atoms with Crippen molar-refractivity contribution < 1.29 is 14.4 Å². The summed E-state index contributed by atoms with van der Waals surface area (Å²) in [7, 11) is 0. The maximum atomic E-state index is 12.1. The zero-order valence-electron chi connectivity index (χ0n) is 15.8. The fourth-order valence-electron chi connectivity index (χ4n) is 3.15. The lowest BCUT2D eigenvalue weighted by Gasteiger charge is -2.19. The molecule has 7 heteroatoms. The van der Waals surface area contributed by atoms with Crippen LogP contribution in [0.5, 0.6) is 0 Å². The number of nitrogens with zero attached hydrogens (tertiary/aromatic N) is 1. The summed E-state index contributed by atoms with van der Waals surface area (Å²) in [4.78, 5) is 37.6. The molecule has 0 atom stereocenters. The monoisotopic (exact) mass is 380 g/mol. The van der Waals surface area contributed by atoms with Crippen LogP contribution in [0.1, 0.15) is 24.8 Å². The number of carbonyl (C=O) groups excluding carboxylic acids is 3. The Morgan fingerprint density at radius 2 is 1.82 bits per heavy atom. The van der Waals surface area contributed by atoms with E-state index in [-0.39, 0.29) is 30.8 Å². The van der Waals surface area contributed by atoms with E-state index in [1.54, 1.807) is 23.1 Å². The molecule has 1 aliphatic rings. The molecule has 1 fully saturated rings. The summed E-state index contributed by atoms with van der Waals surface area (Å²) in [6.07, 6.45) is 1.62. The van der Waals surface area contributed by atoms with Gasteiger partial charge in [0.05, 0.1) is 0 Å². The Labute approximate surface area is 164 Å². The van der Waals surface area contributed by atoms with E-state index < -0.39 is 0 Å². The fraction of sp³-hybridized carbons (Fsp3) is 0.286. The van der Waals surface area contributed by atoms with E-state index in [0.29, 0.717) is 17.8 Å². The zero-order valence-corrected chi connectivity index (χ0v) is 15.8. The molecule has 2 aromatic carbocycles. The lowest BCUT2D eigenvalue weighted by atomic mass is 10.1. The van der Waals surface area contributed by atoms with Crippen molar-refractivity contribution in [2.45, 2.75) is 26.2 Å². The molecule has 0 radical (unpaired) electrons. The highest BCUT2D eigenvalue weighted by Gasteiger charge is 2.23. The van der Waals surface area contributed by atoms with Gasteiger partial charge in [0.1, 0.15) is 0 Å². The molecule has 2 aromatic rings. The van der Waals surface area contributed by atoms with Crippen molar-refractivity contribution in [1.29, 1.82) is 0 Å². The second-order valence-electron chi connectivity index (χ2n) is 6.70. The van der Waals surface area contributed by atoms with E-state index in [2.05, 4.69) is 16.0 Å². The molecule has 3 rings (SSSR count). The van der Waals surface area contributed by atoms with E-state index >= 15 is 0 Å². The minimum atomic E-state index is -0.352. The maximum Gasteiger partial charge on any atom is 0.319 e. The molecule has 1 saturated heterocycles. The number of aryl methyl sites for hydroxylation is 1. The van der Waals surface area contributed by atoms with Gasteiger partial charge in [-0.15, -0.1) is 0 Å². The second-order valence-corrected chi connectivity index (χ2v) is 6.70. The summed E-state index contributed by atoms with van der Waals surface area (Å²) >= 11 is 0. The van der Waals surface area contributed by atoms with Gasteiger partial charge in [-0.3, -0.25) is 9.59 Å². The Bertz CT molecular complexity index is 867. The number of carbonyl (C=O) groups is 3. The van der Waals surface area contributed by atoms with Crippen LogP contribution in [0.15, 0.2) is 48.5 Å². The van der Waals surface area contributed by atoms with Gasteiger partial charge >= 0.3 is 6.03 Å². The molecular formula is C21H24N4O3. The highest BCUT2D eigenvalue weighted by Crippen LogP contribution is 2.27. The van der Waals surface area contributed by atoms with Crippen molar-refractivity contribution in [3.05, 3.63) is 54.1 Å². The standard InChI is InChI=1S/C21H24N4O3/c1-15-14-17(9-10-18(15)25-13-5-8-20(25)27)23-19(26)11-12-22-21(28)24-16-6-3-2-4-7-16/h2-4,6-7,9-10,14H,5,8,11-13H2,1H3,(H,23,26)(H2,22,24,28). The van der Waals surface area contributed by atoms with Crippen molar-refractivity contribution in [3.8, 4) is 0 Å². The highest BCUT2D eigenvalue weighted by molar-refractivity contribution is 5.97. The second kappa shape index (κ2) is 9.03. The van der Waals surface area contributed by atoms with E-state index in [1.807, 2.05) is 37.3 Å². The Hall–Kier alpha value is -3.35. The first-order chi connectivity index (χ1) is 13.5. The molecule has 0 spiro atoms. The first-order valence-electron chi connectivity index (χ1n) is 9.34. The van der Waals surface area contributed by atoms with Gasteiger partial charge in [0, 0.05) is 43.0 Å². The van der Waals surface area contributed by atoms with E-state index in [4.69, 9.17) is 0 Å². The largest absolute Gasteiger partial charge is 0.337 e. The Balaban J connectivity index is 1.45. The molecule has 0 saturated carbocycles. The zero-order chi connectivity index (χ0) is 19.9. The number of nitrogens with one attached hydrogen (secondary N) is 3. The van der Waals surface area contributed by atoms with Crippen molar-refractivity contribution >= 4 is 34.9 Å². The van der Waals surface area contributed by atoms with Crippen LogP contribution in [0.25, 0.3) is 0 Å². The molecule has 1 aliphatic heterocycles. The van der Waals surface area contributed by atoms with E-state index in [9.17, 15) is 14.4 Å². The van der Waals surface area contributed by atoms with Gasteiger partial charge < -0.3 is 20.9 Å². The van der Waals surface area contributed by atoms with Crippen molar-refractivity contribution in [1.82, 2.24) is 5.32 Å². The van der Waals surface area contributed by atoms with Crippen molar-refractivity contribution in [2.75, 3.05) is 28.6 Å². The maximum absolute atomic E-state index is 12.1. The molecule has 7 nitrogen and oxygen atoms in total. The summed E-state index contributed by atoms with van der Waals surface area (Å²) in [5.41, 5.74) is 3.19. The van der Waals surface area contributed by atoms with Crippen LogP contribution in [0, 0.1) is 6.92 Å². The minimum absolute atomic E-state index is 0.139. The lowest BCUT2D eigenvalue weighted by Crippen LogP contribution is -2.31. The van der Waals surface area contributed by atoms with Gasteiger partial charge in [-0.2, -0.15) is 0 Å². The Morgan fingerprint density at radius 1 is 1.04 bits per heavy atom. The molecule has 1 heterocycles. The summed E-state index contributed by atoms with van der Waals surface area (Å²) in [5, 5.41) is 8.17. The number of benzene rings is 2. The molecule has 0 aromatic heterocycles. The van der Waals surface area contributed by atoms with Crippen LogP contribution >= 0.6 is 0 Å². The molecule has 0 aliphatic carbocycles. The Kier molecular flexibility index (Phi) is 6.26. The number of para-hydroxylation sites is 1.